The lowest BCUT2D eigenvalue weighted by Gasteiger charge is -2.39. The van der Waals surface area contributed by atoms with E-state index in [0.29, 0.717) is 25.7 Å². The summed E-state index contributed by atoms with van der Waals surface area (Å²) in [5, 5.41) is 13.5. The number of nitrogens with one attached hydrogen (secondary N) is 4. The Bertz CT molecular complexity index is 1920. The lowest BCUT2D eigenvalue weighted by atomic mass is 9.86. The third kappa shape index (κ3) is 4.60. The van der Waals surface area contributed by atoms with Crippen molar-refractivity contribution in [3.05, 3.63) is 102 Å². The monoisotopic (exact) mass is 630 g/mol. The van der Waals surface area contributed by atoms with Gasteiger partial charge >= 0.3 is 0 Å². The van der Waals surface area contributed by atoms with Crippen molar-refractivity contribution in [1.82, 2.24) is 25.4 Å². The molecule has 5 heterocycles. The molecule has 3 aromatic carbocycles. The molecule has 6 unspecified atom stereocenters. The fourth-order valence-electron chi connectivity index (χ4n) is 8.27. The molecule has 8 rings (SSSR count). The van der Waals surface area contributed by atoms with E-state index in [2.05, 4.69) is 38.1 Å². The minimum absolute atomic E-state index is 0.111. The first kappa shape index (κ1) is 29.3. The Morgan fingerprint density at radius 1 is 0.745 bits per heavy atom. The molecule has 0 aliphatic carbocycles. The smallest absolute Gasteiger partial charge is 0.247 e. The number of para-hydroxylation sites is 2. The fraction of sp³-hybridized carbons (Fsp3) is 0.351. The highest BCUT2D eigenvalue weighted by Gasteiger charge is 2.64. The van der Waals surface area contributed by atoms with Gasteiger partial charge in [0.1, 0.15) is 35.9 Å². The molecular formula is C37H38N6O4. The van der Waals surface area contributed by atoms with Gasteiger partial charge in [-0.1, -0.05) is 80.6 Å². The molecule has 47 heavy (non-hydrogen) atoms. The van der Waals surface area contributed by atoms with Crippen molar-refractivity contribution in [2.75, 3.05) is 5.32 Å². The van der Waals surface area contributed by atoms with Gasteiger partial charge in [-0.05, 0) is 35.6 Å². The van der Waals surface area contributed by atoms with E-state index in [1.807, 2.05) is 86.6 Å². The Morgan fingerprint density at radius 3 is 2.23 bits per heavy atom. The van der Waals surface area contributed by atoms with Crippen molar-refractivity contribution < 1.29 is 19.2 Å². The normalized spacial score (nSPS) is 28.0. The van der Waals surface area contributed by atoms with Gasteiger partial charge in [0.2, 0.25) is 23.6 Å². The molecule has 1 aromatic heterocycles. The number of carbonyl (C=O) groups excluding carboxylic acids is 4. The topological polar surface area (TPSA) is 125 Å². The van der Waals surface area contributed by atoms with E-state index in [-0.39, 0.29) is 29.5 Å². The second-order valence-electron chi connectivity index (χ2n) is 13.7. The number of hydrogen-bond acceptors (Lipinski definition) is 5. The molecule has 4 aliphatic rings. The van der Waals surface area contributed by atoms with Crippen LogP contribution < -0.4 is 21.3 Å². The lowest BCUT2D eigenvalue weighted by Crippen LogP contribution is -2.64. The average Bonchev–Trinajstić information content (AvgIpc) is 3.70. The van der Waals surface area contributed by atoms with Crippen molar-refractivity contribution >= 4 is 40.2 Å². The Hall–Kier alpha value is -5.12. The summed E-state index contributed by atoms with van der Waals surface area (Å²) >= 11 is 0. The van der Waals surface area contributed by atoms with Gasteiger partial charge < -0.3 is 30.7 Å². The van der Waals surface area contributed by atoms with Crippen LogP contribution in [0.1, 0.15) is 43.4 Å². The van der Waals surface area contributed by atoms with E-state index in [1.54, 1.807) is 4.90 Å². The maximum atomic E-state index is 14.3. The molecule has 10 nitrogen and oxygen atoms in total. The first-order chi connectivity index (χ1) is 22.7. The van der Waals surface area contributed by atoms with Crippen molar-refractivity contribution in [3.63, 3.8) is 0 Å². The van der Waals surface area contributed by atoms with E-state index >= 15 is 0 Å². The van der Waals surface area contributed by atoms with Crippen LogP contribution in [0.2, 0.25) is 0 Å². The number of benzene rings is 3. The molecule has 0 spiro atoms. The third-order valence-electron chi connectivity index (χ3n) is 10.3. The van der Waals surface area contributed by atoms with E-state index in [0.717, 1.165) is 33.3 Å². The number of hydrogen-bond donors (Lipinski definition) is 4. The van der Waals surface area contributed by atoms with Gasteiger partial charge in [-0.15, -0.1) is 0 Å². The van der Waals surface area contributed by atoms with Crippen LogP contribution in [0.3, 0.4) is 0 Å². The summed E-state index contributed by atoms with van der Waals surface area (Å²) in [5.41, 5.74) is 3.95. The Labute approximate surface area is 272 Å². The van der Waals surface area contributed by atoms with E-state index in [9.17, 15) is 19.2 Å². The number of carbonyl (C=O) groups is 4. The quantitative estimate of drug-likeness (QED) is 0.250. The van der Waals surface area contributed by atoms with Crippen LogP contribution >= 0.6 is 0 Å². The molecular weight excluding hydrogens is 592 g/mol. The van der Waals surface area contributed by atoms with Crippen molar-refractivity contribution in [1.29, 1.82) is 0 Å². The molecule has 3 saturated heterocycles. The number of aromatic nitrogens is 1. The summed E-state index contributed by atoms with van der Waals surface area (Å²) in [6.45, 7) is 4.05. The van der Waals surface area contributed by atoms with E-state index < -0.39 is 35.9 Å². The number of fused-ring (bicyclic) bond motifs is 6. The molecule has 3 fully saturated rings. The Morgan fingerprint density at radius 2 is 1.43 bits per heavy atom. The SMILES string of the molecule is CC(C)CC1NC(=O)C(Cc2cn(C34CC5C(=O)NC(Cc6ccccc6)C(=O)N5C3Nc3ccccc34)c3ccccc23)NC1=O. The molecule has 4 N–H and O–H groups in total. The van der Waals surface area contributed by atoms with Crippen LogP contribution in [-0.4, -0.2) is 63.4 Å². The molecule has 10 heteroatoms. The van der Waals surface area contributed by atoms with Gasteiger partial charge in [0.15, 0.2) is 0 Å². The second kappa shape index (κ2) is 11.0. The van der Waals surface area contributed by atoms with Crippen molar-refractivity contribution in [3.8, 4) is 0 Å². The maximum Gasteiger partial charge on any atom is 0.247 e. The van der Waals surface area contributed by atoms with E-state index in [4.69, 9.17) is 0 Å². The molecule has 0 radical (unpaired) electrons. The Kier molecular flexibility index (Phi) is 6.86. The zero-order valence-corrected chi connectivity index (χ0v) is 26.4. The summed E-state index contributed by atoms with van der Waals surface area (Å²) in [5.74, 6) is -0.362. The molecule has 4 amide bonds. The van der Waals surface area contributed by atoms with Crippen molar-refractivity contribution in [2.24, 2.45) is 5.92 Å². The number of nitrogens with zero attached hydrogens (tertiary/aromatic N) is 2. The van der Waals surface area contributed by atoms with Gasteiger partial charge in [0, 0.05) is 47.6 Å². The van der Waals surface area contributed by atoms with Crippen LogP contribution in [0, 0.1) is 5.92 Å². The third-order valence-corrected chi connectivity index (χ3v) is 10.3. The van der Waals surface area contributed by atoms with Gasteiger partial charge in [-0.25, -0.2) is 0 Å². The molecule has 4 aromatic rings. The van der Waals surface area contributed by atoms with E-state index in [1.165, 1.54) is 0 Å². The van der Waals surface area contributed by atoms with Gasteiger partial charge in [-0.3, -0.25) is 19.2 Å². The largest absolute Gasteiger partial charge is 0.363 e. The summed E-state index contributed by atoms with van der Waals surface area (Å²) in [6.07, 6.45) is 3.22. The summed E-state index contributed by atoms with van der Waals surface area (Å²) in [4.78, 5) is 56.1. The number of anilines is 1. The minimum Gasteiger partial charge on any atom is -0.363 e. The summed E-state index contributed by atoms with van der Waals surface area (Å²) in [6, 6.07) is 23.2. The zero-order valence-electron chi connectivity index (χ0n) is 26.4. The summed E-state index contributed by atoms with van der Waals surface area (Å²) < 4.78 is 2.20. The molecule has 6 atom stereocenters. The van der Waals surface area contributed by atoms with Crippen LogP contribution in [0.25, 0.3) is 10.9 Å². The van der Waals surface area contributed by atoms with Gasteiger partial charge in [-0.2, -0.15) is 0 Å². The standard InChI is InChI=1S/C37H38N6O4/c1-21(2)16-27-32(44)39-28(33(45)38-27)18-23-20-42(30-15-9-6-12-24(23)30)37-19-31-34(46)40-29(17-22-10-4-3-5-11-22)35(47)43(31)36(37)41-26-14-8-7-13-25(26)37/h3-15,20-21,27-29,31,36,41H,16-19H2,1-2H3,(H,38,45)(H,39,44)(H,40,46). The van der Waals surface area contributed by atoms with Crippen LogP contribution in [-0.2, 0) is 37.6 Å². The summed E-state index contributed by atoms with van der Waals surface area (Å²) in [7, 11) is 0. The molecule has 0 bridgehead atoms. The predicted octanol–water partition coefficient (Wildman–Crippen LogP) is 3.05. The highest BCUT2D eigenvalue weighted by atomic mass is 16.2. The number of piperazine rings is 2. The first-order valence-electron chi connectivity index (χ1n) is 16.5. The van der Waals surface area contributed by atoms with Gasteiger partial charge in [0.25, 0.3) is 0 Å². The fourth-order valence-corrected chi connectivity index (χ4v) is 8.27. The average molecular weight is 631 g/mol. The highest BCUT2D eigenvalue weighted by Crippen LogP contribution is 2.54. The Balaban J connectivity index is 1.19. The molecule has 240 valence electrons. The van der Waals surface area contributed by atoms with Crippen LogP contribution in [0.5, 0.6) is 0 Å². The number of amides is 4. The first-order valence-corrected chi connectivity index (χ1v) is 16.5. The van der Waals surface area contributed by atoms with Crippen LogP contribution in [0.15, 0.2) is 85.1 Å². The molecule has 4 aliphatic heterocycles. The highest BCUT2D eigenvalue weighted by molar-refractivity contribution is 6.00. The van der Waals surface area contributed by atoms with Crippen LogP contribution in [0.4, 0.5) is 5.69 Å². The zero-order chi connectivity index (χ0) is 32.4. The van der Waals surface area contributed by atoms with Gasteiger partial charge in [0.05, 0.1) is 0 Å². The van der Waals surface area contributed by atoms with Crippen molar-refractivity contribution in [2.45, 2.75) is 75.4 Å². The predicted molar refractivity (Wildman–Crippen MR) is 177 cm³/mol. The second-order valence-corrected chi connectivity index (χ2v) is 13.7. The minimum atomic E-state index is -0.797. The lowest BCUT2D eigenvalue weighted by molar-refractivity contribution is -0.148. The number of rotatable bonds is 7. The molecule has 0 saturated carbocycles. The maximum absolute atomic E-state index is 14.3.